The standard InChI is InChI=1S/C14H22N2O/c1-4-14(5-2)9-16(10-14)13-8-11(17-3)6-7-12(13)15/h6-8H,4-5,9-10,15H2,1-3H3. The van der Waals surface area contributed by atoms with Crippen LogP contribution in [0.15, 0.2) is 18.2 Å². The molecule has 2 rings (SSSR count). The van der Waals surface area contributed by atoms with E-state index < -0.39 is 0 Å². The number of hydrogen-bond acceptors (Lipinski definition) is 3. The van der Waals surface area contributed by atoms with Crippen molar-refractivity contribution in [2.45, 2.75) is 26.7 Å². The Balaban J connectivity index is 2.15. The second-order valence-corrected chi connectivity index (χ2v) is 4.99. The van der Waals surface area contributed by atoms with E-state index in [4.69, 9.17) is 10.5 Å². The third kappa shape index (κ3) is 2.06. The molecule has 1 aromatic carbocycles. The lowest BCUT2D eigenvalue weighted by atomic mass is 9.75. The van der Waals surface area contributed by atoms with Gasteiger partial charge < -0.3 is 15.4 Å². The fourth-order valence-electron chi connectivity index (χ4n) is 2.56. The van der Waals surface area contributed by atoms with Gasteiger partial charge in [0.15, 0.2) is 0 Å². The average molecular weight is 234 g/mol. The van der Waals surface area contributed by atoms with Crippen LogP contribution in [0.5, 0.6) is 5.75 Å². The van der Waals surface area contributed by atoms with Crippen LogP contribution in [0, 0.1) is 5.41 Å². The highest BCUT2D eigenvalue weighted by molar-refractivity contribution is 5.71. The zero-order valence-corrected chi connectivity index (χ0v) is 11.0. The Hall–Kier alpha value is -1.38. The largest absolute Gasteiger partial charge is 0.497 e. The fourth-order valence-corrected chi connectivity index (χ4v) is 2.56. The first-order chi connectivity index (χ1) is 8.14. The Morgan fingerprint density at radius 1 is 1.29 bits per heavy atom. The van der Waals surface area contributed by atoms with Gasteiger partial charge in [-0.05, 0) is 25.0 Å². The summed E-state index contributed by atoms with van der Waals surface area (Å²) < 4.78 is 5.25. The minimum absolute atomic E-state index is 0.496. The summed E-state index contributed by atoms with van der Waals surface area (Å²) in [5.74, 6) is 0.875. The molecule has 0 aromatic heterocycles. The Morgan fingerprint density at radius 3 is 2.47 bits per heavy atom. The predicted molar refractivity (Wildman–Crippen MR) is 72.6 cm³/mol. The minimum atomic E-state index is 0.496. The highest BCUT2D eigenvalue weighted by atomic mass is 16.5. The van der Waals surface area contributed by atoms with Crippen LogP contribution >= 0.6 is 0 Å². The van der Waals surface area contributed by atoms with Crippen molar-refractivity contribution in [1.29, 1.82) is 0 Å². The van der Waals surface area contributed by atoms with Crippen LogP contribution in [0.4, 0.5) is 11.4 Å². The molecule has 0 radical (unpaired) electrons. The topological polar surface area (TPSA) is 38.5 Å². The van der Waals surface area contributed by atoms with Crippen molar-refractivity contribution in [3.05, 3.63) is 18.2 Å². The van der Waals surface area contributed by atoms with Gasteiger partial charge in [0.25, 0.3) is 0 Å². The molecule has 0 saturated carbocycles. The number of anilines is 2. The Kier molecular flexibility index (Phi) is 3.18. The van der Waals surface area contributed by atoms with Gasteiger partial charge in [-0.3, -0.25) is 0 Å². The zero-order chi connectivity index (χ0) is 12.5. The number of nitrogens with two attached hydrogens (primary N) is 1. The van der Waals surface area contributed by atoms with Crippen molar-refractivity contribution in [2.24, 2.45) is 5.41 Å². The highest BCUT2D eigenvalue weighted by Crippen LogP contribution is 2.42. The smallest absolute Gasteiger partial charge is 0.121 e. The first-order valence-corrected chi connectivity index (χ1v) is 6.32. The molecular formula is C14H22N2O. The SMILES string of the molecule is CCC1(CC)CN(c2cc(OC)ccc2N)C1. The van der Waals surface area contributed by atoms with Crippen LogP contribution in [0.3, 0.4) is 0 Å². The molecule has 1 saturated heterocycles. The third-order valence-corrected chi connectivity index (χ3v) is 4.13. The summed E-state index contributed by atoms with van der Waals surface area (Å²) in [6, 6.07) is 5.86. The van der Waals surface area contributed by atoms with E-state index in [-0.39, 0.29) is 0 Å². The van der Waals surface area contributed by atoms with Gasteiger partial charge in [-0.25, -0.2) is 0 Å². The molecule has 1 fully saturated rings. The molecule has 1 aliphatic heterocycles. The lowest BCUT2D eigenvalue weighted by Crippen LogP contribution is -2.56. The van der Waals surface area contributed by atoms with Crippen molar-refractivity contribution >= 4 is 11.4 Å². The van der Waals surface area contributed by atoms with Gasteiger partial charge in [0.05, 0.1) is 18.5 Å². The lowest BCUT2D eigenvalue weighted by molar-refractivity contribution is 0.195. The quantitative estimate of drug-likeness (QED) is 0.814. The van der Waals surface area contributed by atoms with Gasteiger partial charge in [-0.2, -0.15) is 0 Å². The predicted octanol–water partition coefficient (Wildman–Crippen LogP) is 2.90. The van der Waals surface area contributed by atoms with Crippen molar-refractivity contribution in [2.75, 3.05) is 30.8 Å². The van der Waals surface area contributed by atoms with E-state index >= 15 is 0 Å². The lowest BCUT2D eigenvalue weighted by Gasteiger charge is -2.51. The minimum Gasteiger partial charge on any atom is -0.497 e. The average Bonchev–Trinajstić information content (AvgIpc) is 2.31. The first-order valence-electron chi connectivity index (χ1n) is 6.32. The number of ether oxygens (including phenoxy) is 1. The molecule has 1 aliphatic rings. The van der Waals surface area contributed by atoms with Gasteiger partial charge in [0, 0.05) is 24.6 Å². The molecule has 3 nitrogen and oxygen atoms in total. The summed E-state index contributed by atoms with van der Waals surface area (Å²) in [6.45, 7) is 6.76. The van der Waals surface area contributed by atoms with E-state index in [2.05, 4.69) is 18.7 Å². The molecule has 0 bridgehead atoms. The second-order valence-electron chi connectivity index (χ2n) is 4.99. The molecule has 0 unspecified atom stereocenters. The van der Waals surface area contributed by atoms with Crippen LogP contribution < -0.4 is 15.4 Å². The van der Waals surface area contributed by atoms with Gasteiger partial charge >= 0.3 is 0 Å². The van der Waals surface area contributed by atoms with Crippen LogP contribution in [0.25, 0.3) is 0 Å². The Bertz CT molecular complexity index is 391. The van der Waals surface area contributed by atoms with E-state index in [1.165, 1.54) is 12.8 Å². The van der Waals surface area contributed by atoms with Gasteiger partial charge in [0.2, 0.25) is 0 Å². The summed E-state index contributed by atoms with van der Waals surface area (Å²) >= 11 is 0. The van der Waals surface area contributed by atoms with E-state index in [1.807, 2.05) is 18.2 Å². The Labute approximate surface area is 104 Å². The van der Waals surface area contributed by atoms with Gasteiger partial charge in [-0.15, -0.1) is 0 Å². The molecule has 1 heterocycles. The summed E-state index contributed by atoms with van der Waals surface area (Å²) in [5.41, 5.74) is 8.48. The van der Waals surface area contributed by atoms with Crippen molar-refractivity contribution in [3.63, 3.8) is 0 Å². The van der Waals surface area contributed by atoms with Gasteiger partial charge in [-0.1, -0.05) is 13.8 Å². The normalized spacial score (nSPS) is 17.7. The van der Waals surface area contributed by atoms with Crippen molar-refractivity contribution in [1.82, 2.24) is 0 Å². The van der Waals surface area contributed by atoms with Crippen LogP contribution in [-0.2, 0) is 0 Å². The van der Waals surface area contributed by atoms with Crippen molar-refractivity contribution in [3.8, 4) is 5.75 Å². The monoisotopic (exact) mass is 234 g/mol. The number of benzene rings is 1. The molecule has 0 aliphatic carbocycles. The number of methoxy groups -OCH3 is 1. The van der Waals surface area contributed by atoms with Crippen molar-refractivity contribution < 1.29 is 4.74 Å². The number of rotatable bonds is 4. The van der Waals surface area contributed by atoms with Crippen LogP contribution in [0.1, 0.15) is 26.7 Å². The molecule has 3 heteroatoms. The molecule has 94 valence electrons. The van der Waals surface area contributed by atoms with E-state index in [0.717, 1.165) is 30.2 Å². The maximum atomic E-state index is 6.03. The summed E-state index contributed by atoms with van der Waals surface area (Å²) in [7, 11) is 1.69. The molecule has 17 heavy (non-hydrogen) atoms. The second kappa shape index (κ2) is 4.47. The Morgan fingerprint density at radius 2 is 1.94 bits per heavy atom. The van der Waals surface area contributed by atoms with E-state index in [9.17, 15) is 0 Å². The maximum Gasteiger partial charge on any atom is 0.121 e. The van der Waals surface area contributed by atoms with Gasteiger partial charge in [0.1, 0.15) is 5.75 Å². The number of nitrogen functional groups attached to an aromatic ring is 1. The zero-order valence-electron chi connectivity index (χ0n) is 11.0. The molecule has 1 aromatic rings. The first kappa shape index (κ1) is 12.1. The third-order valence-electron chi connectivity index (χ3n) is 4.13. The molecule has 0 spiro atoms. The van der Waals surface area contributed by atoms with Crippen LogP contribution in [-0.4, -0.2) is 20.2 Å². The summed E-state index contributed by atoms with van der Waals surface area (Å²) in [4.78, 5) is 2.35. The summed E-state index contributed by atoms with van der Waals surface area (Å²) in [6.07, 6.45) is 2.48. The highest BCUT2D eigenvalue weighted by Gasteiger charge is 2.40. The molecule has 2 N–H and O–H groups in total. The number of nitrogens with zero attached hydrogens (tertiary/aromatic N) is 1. The van der Waals surface area contributed by atoms with E-state index in [1.54, 1.807) is 7.11 Å². The maximum absolute atomic E-state index is 6.03. The molecular weight excluding hydrogens is 212 g/mol. The van der Waals surface area contributed by atoms with E-state index in [0.29, 0.717) is 5.41 Å². The molecule has 0 amide bonds. The molecule has 0 atom stereocenters. The van der Waals surface area contributed by atoms with Crippen LogP contribution in [0.2, 0.25) is 0 Å². The number of hydrogen-bond donors (Lipinski definition) is 1. The summed E-state index contributed by atoms with van der Waals surface area (Å²) in [5, 5.41) is 0. The fraction of sp³-hybridized carbons (Fsp3) is 0.571.